The van der Waals surface area contributed by atoms with Gasteiger partial charge in [0.25, 0.3) is 0 Å². The van der Waals surface area contributed by atoms with E-state index in [-0.39, 0.29) is 11.9 Å². The molecule has 2 atom stereocenters. The van der Waals surface area contributed by atoms with Crippen molar-refractivity contribution in [3.8, 4) is 5.75 Å². The highest BCUT2D eigenvalue weighted by atomic mass is 79.9. The predicted octanol–water partition coefficient (Wildman–Crippen LogP) is 4.52. The largest absolute Gasteiger partial charge is 0.484 e. The zero-order valence-electron chi connectivity index (χ0n) is 10.2. The summed E-state index contributed by atoms with van der Waals surface area (Å²) in [4.78, 5) is 2.25. The fraction of sp³-hybridized carbons (Fsp3) is 0.286. The molecule has 1 aliphatic heterocycles. The first-order valence-corrected chi connectivity index (χ1v) is 7.55. The lowest BCUT2D eigenvalue weighted by molar-refractivity contribution is 0.0670. The average molecular weight is 343 g/mol. The van der Waals surface area contributed by atoms with Crippen molar-refractivity contribution in [2.45, 2.75) is 25.6 Å². The van der Waals surface area contributed by atoms with Gasteiger partial charge in [0.15, 0.2) is 0 Å². The van der Waals surface area contributed by atoms with Gasteiger partial charge in [0, 0.05) is 26.2 Å². The topological polar surface area (TPSA) is 29.5 Å². The smallest absolute Gasteiger partial charge is 0.136 e. The Morgan fingerprint density at radius 2 is 2.21 bits per heavy atom. The molecule has 1 N–H and O–H groups in total. The summed E-state index contributed by atoms with van der Waals surface area (Å²) >= 11 is 5.13. The van der Waals surface area contributed by atoms with Gasteiger partial charge in [0.05, 0.1) is 6.10 Å². The molecule has 1 unspecified atom stereocenters. The summed E-state index contributed by atoms with van der Waals surface area (Å²) in [7, 11) is 0. The van der Waals surface area contributed by atoms with E-state index in [1.807, 2.05) is 13.0 Å². The number of thiophene rings is 1. The van der Waals surface area contributed by atoms with E-state index in [4.69, 9.17) is 4.74 Å². The first kappa shape index (κ1) is 13.1. The zero-order valence-corrected chi connectivity index (χ0v) is 12.6. The maximum absolute atomic E-state index is 13.2. The third kappa shape index (κ3) is 2.42. The second-order valence-corrected chi connectivity index (χ2v) is 6.74. The molecule has 0 saturated carbocycles. The molecule has 2 heterocycles. The summed E-state index contributed by atoms with van der Waals surface area (Å²) in [5.41, 5.74) is 0.531. The van der Waals surface area contributed by atoms with Crippen molar-refractivity contribution < 1.29 is 14.2 Å². The Hall–Kier alpha value is -0.910. The van der Waals surface area contributed by atoms with Gasteiger partial charge in [-0.25, -0.2) is 4.39 Å². The number of halogens is 2. The first-order chi connectivity index (χ1) is 9.04. The number of aliphatic hydroxyl groups is 1. The molecule has 0 spiro atoms. The maximum atomic E-state index is 13.2. The number of rotatable bonds is 1. The molecule has 0 radical (unpaired) electrons. The molecule has 100 valence electrons. The maximum Gasteiger partial charge on any atom is 0.136 e. The molecule has 5 heteroatoms. The van der Waals surface area contributed by atoms with Gasteiger partial charge in [-0.15, -0.1) is 11.3 Å². The van der Waals surface area contributed by atoms with Gasteiger partial charge in [-0.05, 0) is 47.1 Å². The minimum absolute atomic E-state index is 0.178. The normalized spacial score (nSPS) is 21.9. The van der Waals surface area contributed by atoms with Crippen LogP contribution in [0.3, 0.4) is 0 Å². The fourth-order valence-electron chi connectivity index (χ4n) is 2.23. The number of aryl methyl sites for hydroxylation is 1. The molecule has 19 heavy (non-hydrogen) atoms. The molecular formula is C14H12BrFO2S. The highest BCUT2D eigenvalue weighted by molar-refractivity contribution is 9.10. The van der Waals surface area contributed by atoms with Crippen LogP contribution in [-0.4, -0.2) is 5.11 Å². The van der Waals surface area contributed by atoms with Crippen LogP contribution < -0.4 is 4.74 Å². The van der Waals surface area contributed by atoms with Crippen molar-refractivity contribution >= 4 is 27.3 Å². The van der Waals surface area contributed by atoms with E-state index < -0.39 is 6.10 Å². The van der Waals surface area contributed by atoms with E-state index in [1.54, 1.807) is 17.4 Å². The zero-order chi connectivity index (χ0) is 13.6. The fourth-order valence-corrected chi connectivity index (χ4v) is 3.84. The van der Waals surface area contributed by atoms with Crippen LogP contribution >= 0.6 is 27.3 Å². The Balaban J connectivity index is 1.94. The van der Waals surface area contributed by atoms with Gasteiger partial charge in [-0.2, -0.15) is 0 Å². The van der Waals surface area contributed by atoms with Crippen molar-refractivity contribution in [2.75, 3.05) is 0 Å². The second kappa shape index (κ2) is 4.89. The van der Waals surface area contributed by atoms with E-state index in [1.165, 1.54) is 17.0 Å². The minimum Gasteiger partial charge on any atom is -0.484 e. The van der Waals surface area contributed by atoms with Gasteiger partial charge < -0.3 is 9.84 Å². The summed E-state index contributed by atoms with van der Waals surface area (Å²) in [5, 5.41) is 10.1. The van der Waals surface area contributed by atoms with Crippen LogP contribution in [0.15, 0.2) is 28.7 Å². The monoisotopic (exact) mass is 342 g/mol. The summed E-state index contributed by atoms with van der Waals surface area (Å²) in [6.07, 6.45) is -0.420. The lowest BCUT2D eigenvalue weighted by Crippen LogP contribution is -2.18. The molecule has 3 rings (SSSR count). The molecule has 2 nitrogen and oxygen atoms in total. The lowest BCUT2D eigenvalue weighted by atomic mass is 9.98. The van der Waals surface area contributed by atoms with Gasteiger partial charge in [0.1, 0.15) is 17.7 Å². The van der Waals surface area contributed by atoms with E-state index >= 15 is 0 Å². The molecule has 0 fully saturated rings. The molecule has 1 aliphatic rings. The van der Waals surface area contributed by atoms with Crippen molar-refractivity contribution in [1.29, 1.82) is 0 Å². The van der Waals surface area contributed by atoms with Crippen molar-refractivity contribution in [2.24, 2.45) is 0 Å². The molecular weight excluding hydrogens is 331 g/mol. The number of benzene rings is 1. The van der Waals surface area contributed by atoms with E-state index in [2.05, 4.69) is 15.9 Å². The van der Waals surface area contributed by atoms with Crippen LogP contribution in [0.2, 0.25) is 0 Å². The van der Waals surface area contributed by atoms with Gasteiger partial charge in [0.2, 0.25) is 0 Å². The number of hydrogen-bond donors (Lipinski definition) is 1. The first-order valence-electron chi connectivity index (χ1n) is 5.94. The standard InChI is InChI=1S/C14H12BrFO2S/c1-7-10(15)5-14(19-7)13-6-11(17)9-4-8(16)2-3-12(9)18-13/h2-5,11,13,17H,6H2,1H3/t11-,13?/m1/s1. The Morgan fingerprint density at radius 1 is 1.42 bits per heavy atom. The number of aliphatic hydroxyl groups excluding tert-OH is 1. The summed E-state index contributed by atoms with van der Waals surface area (Å²) in [6.45, 7) is 2.03. The Labute approximate surface area is 123 Å². The van der Waals surface area contributed by atoms with E-state index in [0.29, 0.717) is 17.7 Å². The molecule has 2 aromatic rings. The van der Waals surface area contributed by atoms with Gasteiger partial charge >= 0.3 is 0 Å². The number of hydrogen-bond acceptors (Lipinski definition) is 3. The molecule has 0 saturated heterocycles. The Morgan fingerprint density at radius 3 is 2.89 bits per heavy atom. The Kier molecular flexibility index (Phi) is 3.37. The second-order valence-electron chi connectivity index (χ2n) is 4.59. The van der Waals surface area contributed by atoms with Crippen LogP contribution in [0.25, 0.3) is 0 Å². The lowest BCUT2D eigenvalue weighted by Gasteiger charge is -2.29. The minimum atomic E-state index is -0.689. The van der Waals surface area contributed by atoms with Crippen LogP contribution in [0.5, 0.6) is 5.75 Å². The quantitative estimate of drug-likeness (QED) is 0.825. The SMILES string of the molecule is Cc1sc(C2C[C@@H](O)c3cc(F)ccc3O2)cc1Br. The van der Waals surface area contributed by atoms with Crippen LogP contribution in [-0.2, 0) is 0 Å². The number of fused-ring (bicyclic) bond motifs is 1. The van der Waals surface area contributed by atoms with E-state index in [0.717, 1.165) is 9.35 Å². The summed E-state index contributed by atoms with van der Waals surface area (Å²) in [6, 6.07) is 6.29. The predicted molar refractivity (Wildman–Crippen MR) is 76.1 cm³/mol. The van der Waals surface area contributed by atoms with Crippen LogP contribution in [0.4, 0.5) is 4.39 Å². The Bertz CT molecular complexity index is 606. The highest BCUT2D eigenvalue weighted by Gasteiger charge is 2.29. The average Bonchev–Trinajstić information content (AvgIpc) is 2.70. The number of ether oxygens (including phenoxy) is 1. The highest BCUT2D eigenvalue weighted by Crippen LogP contribution is 2.43. The van der Waals surface area contributed by atoms with Gasteiger partial charge in [-0.1, -0.05) is 0 Å². The van der Waals surface area contributed by atoms with E-state index in [9.17, 15) is 9.50 Å². The van der Waals surface area contributed by atoms with Crippen molar-refractivity contribution in [1.82, 2.24) is 0 Å². The third-order valence-corrected chi connectivity index (χ3v) is 5.46. The van der Waals surface area contributed by atoms with Crippen LogP contribution in [0.1, 0.15) is 33.9 Å². The van der Waals surface area contributed by atoms with Crippen molar-refractivity contribution in [3.05, 3.63) is 49.9 Å². The molecule has 0 amide bonds. The third-order valence-electron chi connectivity index (χ3n) is 3.23. The molecule has 0 bridgehead atoms. The van der Waals surface area contributed by atoms with Crippen LogP contribution in [0, 0.1) is 12.7 Å². The molecule has 0 aliphatic carbocycles. The van der Waals surface area contributed by atoms with Crippen molar-refractivity contribution in [3.63, 3.8) is 0 Å². The van der Waals surface area contributed by atoms with Gasteiger partial charge in [-0.3, -0.25) is 0 Å². The summed E-state index contributed by atoms with van der Waals surface area (Å²) < 4.78 is 20.1. The molecule has 1 aromatic carbocycles. The molecule has 1 aromatic heterocycles. The summed E-state index contributed by atoms with van der Waals surface area (Å²) in [5.74, 6) is 0.210.